The Balaban J connectivity index is 1.52. The molecule has 0 saturated heterocycles. The van der Waals surface area contributed by atoms with E-state index in [0.717, 1.165) is 32.1 Å². The second-order valence-corrected chi connectivity index (χ2v) is 6.90. The van der Waals surface area contributed by atoms with Crippen molar-refractivity contribution < 1.29 is 4.74 Å². The molecule has 0 saturated carbocycles. The molecule has 4 heteroatoms. The normalized spacial score (nSPS) is 10.9. The van der Waals surface area contributed by atoms with Crippen LogP contribution in [0.4, 0.5) is 0 Å². The first-order valence-corrected chi connectivity index (χ1v) is 8.81. The quantitative estimate of drug-likeness (QED) is 0.437. The van der Waals surface area contributed by atoms with Crippen LogP contribution in [-0.4, -0.2) is 4.98 Å². The van der Waals surface area contributed by atoms with Gasteiger partial charge in [0.1, 0.15) is 17.4 Å². The van der Waals surface area contributed by atoms with Crippen LogP contribution in [0.15, 0.2) is 72.8 Å². The van der Waals surface area contributed by atoms with E-state index in [1.165, 1.54) is 0 Å². The average Bonchev–Trinajstić information content (AvgIpc) is 3.04. The van der Waals surface area contributed by atoms with E-state index < -0.39 is 0 Å². The molecule has 1 heterocycles. The lowest BCUT2D eigenvalue weighted by Gasteiger charge is -2.06. The molecule has 1 aromatic heterocycles. The zero-order valence-corrected chi connectivity index (χ0v) is 14.3. The van der Waals surface area contributed by atoms with Gasteiger partial charge in [-0.25, -0.2) is 4.98 Å². The van der Waals surface area contributed by atoms with Gasteiger partial charge in [-0.15, -0.1) is 11.3 Å². The fourth-order valence-electron chi connectivity index (χ4n) is 2.46. The molecule has 3 aromatic carbocycles. The maximum Gasteiger partial charge on any atom is 0.124 e. The van der Waals surface area contributed by atoms with Crippen LogP contribution in [0.25, 0.3) is 20.8 Å². The third-order valence-electron chi connectivity index (χ3n) is 3.70. The fourth-order valence-corrected chi connectivity index (χ4v) is 3.58. The number of ether oxygens (including phenoxy) is 1. The summed E-state index contributed by atoms with van der Waals surface area (Å²) in [5, 5.41) is 1.70. The number of hydrogen-bond acceptors (Lipinski definition) is 3. The summed E-state index contributed by atoms with van der Waals surface area (Å²) in [6, 6.07) is 24.0. The molecule has 0 fully saturated rings. The van der Waals surface area contributed by atoms with Crippen molar-refractivity contribution in [1.29, 1.82) is 0 Å². The number of benzene rings is 3. The van der Waals surface area contributed by atoms with Crippen molar-refractivity contribution in [3.63, 3.8) is 0 Å². The number of aromatic nitrogens is 1. The van der Waals surface area contributed by atoms with Gasteiger partial charge in [-0.3, -0.25) is 0 Å². The first-order valence-electron chi connectivity index (χ1n) is 7.61. The topological polar surface area (TPSA) is 22.1 Å². The van der Waals surface area contributed by atoms with E-state index in [-0.39, 0.29) is 0 Å². The highest BCUT2D eigenvalue weighted by molar-refractivity contribution is 7.21. The molecule has 0 radical (unpaired) electrons. The zero-order valence-electron chi connectivity index (χ0n) is 12.8. The summed E-state index contributed by atoms with van der Waals surface area (Å²) in [5.74, 6) is 0.853. The fraction of sp³-hybridized carbons (Fsp3) is 0.0500. The largest absolute Gasteiger partial charge is 0.489 e. The van der Waals surface area contributed by atoms with E-state index in [1.54, 1.807) is 11.3 Å². The Morgan fingerprint density at radius 2 is 1.71 bits per heavy atom. The third-order valence-corrected chi connectivity index (χ3v) is 5.02. The molecule has 0 bridgehead atoms. The van der Waals surface area contributed by atoms with Crippen molar-refractivity contribution in [1.82, 2.24) is 4.98 Å². The molecule has 0 aliphatic heterocycles. The van der Waals surface area contributed by atoms with E-state index in [9.17, 15) is 0 Å². The van der Waals surface area contributed by atoms with E-state index in [4.69, 9.17) is 16.3 Å². The molecule has 0 atom stereocenters. The van der Waals surface area contributed by atoms with Crippen LogP contribution in [0.3, 0.4) is 0 Å². The number of nitrogens with zero attached hydrogens (tertiary/aromatic N) is 1. The van der Waals surface area contributed by atoms with Crippen LogP contribution < -0.4 is 4.74 Å². The van der Waals surface area contributed by atoms with Gasteiger partial charge >= 0.3 is 0 Å². The molecular weight excluding hydrogens is 338 g/mol. The maximum atomic E-state index is 6.03. The SMILES string of the molecule is Clc1ccc2sc(-c3ccc(OCc4ccccc4)cc3)nc2c1. The van der Waals surface area contributed by atoms with Crippen molar-refractivity contribution in [3.8, 4) is 16.3 Å². The van der Waals surface area contributed by atoms with Gasteiger partial charge in [0.15, 0.2) is 0 Å². The van der Waals surface area contributed by atoms with Crippen molar-refractivity contribution in [2.75, 3.05) is 0 Å². The third kappa shape index (κ3) is 3.28. The number of rotatable bonds is 4. The summed E-state index contributed by atoms with van der Waals surface area (Å²) in [6.07, 6.45) is 0. The summed E-state index contributed by atoms with van der Waals surface area (Å²) in [4.78, 5) is 4.66. The Morgan fingerprint density at radius 3 is 2.50 bits per heavy atom. The van der Waals surface area contributed by atoms with Crippen molar-refractivity contribution in [2.45, 2.75) is 6.61 Å². The average molecular weight is 352 g/mol. The van der Waals surface area contributed by atoms with Gasteiger partial charge in [-0.2, -0.15) is 0 Å². The van der Waals surface area contributed by atoms with E-state index in [1.807, 2.05) is 60.7 Å². The highest BCUT2D eigenvalue weighted by Crippen LogP contribution is 2.32. The molecule has 0 unspecified atom stereocenters. The van der Waals surface area contributed by atoms with Crippen LogP contribution in [0.2, 0.25) is 5.02 Å². The van der Waals surface area contributed by atoms with Crippen molar-refractivity contribution in [3.05, 3.63) is 83.4 Å². The first kappa shape index (κ1) is 15.2. The predicted molar refractivity (Wildman–Crippen MR) is 101 cm³/mol. The minimum atomic E-state index is 0.569. The Labute approximate surface area is 149 Å². The highest BCUT2D eigenvalue weighted by atomic mass is 35.5. The summed E-state index contributed by atoms with van der Waals surface area (Å²) in [6.45, 7) is 0.569. The second-order valence-electron chi connectivity index (χ2n) is 5.43. The Hall–Kier alpha value is -2.36. The van der Waals surface area contributed by atoms with Gasteiger partial charge in [-0.1, -0.05) is 41.9 Å². The van der Waals surface area contributed by atoms with Crippen LogP contribution in [0, 0.1) is 0 Å². The van der Waals surface area contributed by atoms with Gasteiger partial charge in [-0.05, 0) is 48.0 Å². The number of halogens is 1. The smallest absolute Gasteiger partial charge is 0.124 e. The predicted octanol–water partition coefficient (Wildman–Crippen LogP) is 6.20. The minimum Gasteiger partial charge on any atom is -0.489 e. The molecule has 118 valence electrons. The van der Waals surface area contributed by atoms with Crippen LogP contribution >= 0.6 is 22.9 Å². The lowest BCUT2D eigenvalue weighted by Crippen LogP contribution is -1.94. The van der Waals surface area contributed by atoms with Crippen LogP contribution in [0.1, 0.15) is 5.56 Å². The molecule has 0 aliphatic rings. The van der Waals surface area contributed by atoms with Crippen LogP contribution in [-0.2, 0) is 6.61 Å². The lowest BCUT2D eigenvalue weighted by molar-refractivity contribution is 0.306. The molecule has 0 spiro atoms. The van der Waals surface area contributed by atoms with E-state index in [2.05, 4.69) is 17.1 Å². The van der Waals surface area contributed by atoms with Gasteiger partial charge in [0.2, 0.25) is 0 Å². The van der Waals surface area contributed by atoms with Crippen molar-refractivity contribution >= 4 is 33.2 Å². The van der Waals surface area contributed by atoms with E-state index in [0.29, 0.717) is 11.6 Å². The van der Waals surface area contributed by atoms with Crippen molar-refractivity contribution in [2.24, 2.45) is 0 Å². The maximum absolute atomic E-state index is 6.03. The minimum absolute atomic E-state index is 0.569. The van der Waals surface area contributed by atoms with Crippen LogP contribution in [0.5, 0.6) is 5.75 Å². The molecule has 0 N–H and O–H groups in total. The summed E-state index contributed by atoms with van der Waals surface area (Å²) >= 11 is 7.69. The van der Waals surface area contributed by atoms with Gasteiger partial charge < -0.3 is 4.74 Å². The first-order chi connectivity index (χ1) is 11.8. The van der Waals surface area contributed by atoms with Gasteiger partial charge in [0.25, 0.3) is 0 Å². The molecule has 0 amide bonds. The molecule has 24 heavy (non-hydrogen) atoms. The standard InChI is InChI=1S/C20H14ClNOS/c21-16-8-11-19-18(12-16)22-20(24-19)15-6-9-17(10-7-15)23-13-14-4-2-1-3-5-14/h1-12H,13H2. The zero-order chi connectivity index (χ0) is 16.4. The lowest BCUT2D eigenvalue weighted by atomic mass is 10.2. The Kier molecular flexibility index (Phi) is 4.20. The Bertz CT molecular complexity index is 964. The summed E-state index contributed by atoms with van der Waals surface area (Å²) in [7, 11) is 0. The monoisotopic (exact) mass is 351 g/mol. The number of thiazole rings is 1. The number of hydrogen-bond donors (Lipinski definition) is 0. The molecule has 4 rings (SSSR count). The summed E-state index contributed by atoms with van der Waals surface area (Å²) in [5.41, 5.74) is 3.18. The van der Waals surface area contributed by atoms with E-state index >= 15 is 0 Å². The van der Waals surface area contributed by atoms with Gasteiger partial charge in [0.05, 0.1) is 10.2 Å². The van der Waals surface area contributed by atoms with Gasteiger partial charge in [0, 0.05) is 10.6 Å². The highest BCUT2D eigenvalue weighted by Gasteiger charge is 2.07. The second kappa shape index (κ2) is 6.63. The molecule has 4 aromatic rings. The Morgan fingerprint density at radius 1 is 0.917 bits per heavy atom. The summed E-state index contributed by atoms with van der Waals surface area (Å²) < 4.78 is 6.96. The number of fused-ring (bicyclic) bond motifs is 1. The molecule has 0 aliphatic carbocycles. The molecular formula is C20H14ClNOS. The molecule has 2 nitrogen and oxygen atoms in total.